The molecule has 0 saturated heterocycles. The molecule has 0 atom stereocenters. The number of nitrogens with zero attached hydrogens (tertiary/aromatic N) is 1. The van der Waals surface area contributed by atoms with Crippen LogP contribution in [0.1, 0.15) is 57.0 Å². The number of hydrogen-bond donors (Lipinski definition) is 2. The van der Waals surface area contributed by atoms with Gasteiger partial charge in [0.1, 0.15) is 11.3 Å². The average Bonchev–Trinajstić information content (AvgIpc) is 3.31. The van der Waals surface area contributed by atoms with Crippen LogP contribution in [0.15, 0.2) is 45.0 Å². The molecule has 0 radical (unpaired) electrons. The van der Waals surface area contributed by atoms with E-state index in [-0.39, 0.29) is 24.0 Å². The zero-order valence-electron chi connectivity index (χ0n) is 18.6. The first kappa shape index (κ1) is 21.6. The van der Waals surface area contributed by atoms with Crippen molar-refractivity contribution in [3.05, 3.63) is 70.4 Å². The molecule has 3 aromatic rings. The SMILES string of the molecule is C=CCNC(=O)c1oc2c(c1C)/C(=N/NC(=O)Cc1coc3cc(C)cc(C)c13)CCC2. The quantitative estimate of drug-likeness (QED) is 0.448. The van der Waals surface area contributed by atoms with Crippen molar-refractivity contribution >= 4 is 28.5 Å². The van der Waals surface area contributed by atoms with Crippen LogP contribution in [0.3, 0.4) is 0 Å². The topological polar surface area (TPSA) is 96.8 Å². The van der Waals surface area contributed by atoms with Crippen LogP contribution >= 0.6 is 0 Å². The molecule has 0 fully saturated rings. The van der Waals surface area contributed by atoms with E-state index in [0.29, 0.717) is 13.0 Å². The lowest BCUT2D eigenvalue weighted by atomic mass is 9.93. The molecule has 2 amide bonds. The smallest absolute Gasteiger partial charge is 0.287 e. The molecule has 1 aromatic carbocycles. The molecule has 0 unspecified atom stereocenters. The second-order valence-electron chi connectivity index (χ2n) is 8.19. The van der Waals surface area contributed by atoms with E-state index in [0.717, 1.165) is 63.1 Å². The number of benzene rings is 1. The van der Waals surface area contributed by atoms with E-state index in [9.17, 15) is 9.59 Å². The Bertz CT molecular complexity index is 1250. The van der Waals surface area contributed by atoms with Gasteiger partial charge in [0.2, 0.25) is 5.91 Å². The summed E-state index contributed by atoms with van der Waals surface area (Å²) >= 11 is 0. The third-order valence-electron chi connectivity index (χ3n) is 5.70. The Morgan fingerprint density at radius 1 is 1.22 bits per heavy atom. The van der Waals surface area contributed by atoms with E-state index in [1.807, 2.05) is 26.8 Å². The number of nitrogens with one attached hydrogen (secondary N) is 2. The minimum atomic E-state index is -0.280. The van der Waals surface area contributed by atoms with E-state index < -0.39 is 0 Å². The Kier molecular flexibility index (Phi) is 5.99. The minimum Gasteiger partial charge on any atom is -0.464 e. The molecule has 1 aliphatic rings. The maximum absolute atomic E-state index is 12.6. The Hall–Kier alpha value is -3.61. The fourth-order valence-corrected chi connectivity index (χ4v) is 4.34. The number of amides is 2. The molecule has 2 N–H and O–H groups in total. The summed E-state index contributed by atoms with van der Waals surface area (Å²) in [6.07, 6.45) is 5.70. The van der Waals surface area contributed by atoms with Crippen LogP contribution in [0.2, 0.25) is 0 Å². The summed E-state index contributed by atoms with van der Waals surface area (Å²) in [5, 5.41) is 8.11. The molecule has 0 bridgehead atoms. The van der Waals surface area contributed by atoms with Gasteiger partial charge in [-0.2, -0.15) is 5.10 Å². The van der Waals surface area contributed by atoms with Crippen LogP contribution in [-0.4, -0.2) is 24.1 Å². The van der Waals surface area contributed by atoms with Gasteiger partial charge < -0.3 is 14.2 Å². The van der Waals surface area contributed by atoms with Crippen LogP contribution in [-0.2, 0) is 17.6 Å². The third-order valence-corrected chi connectivity index (χ3v) is 5.70. The Morgan fingerprint density at radius 3 is 2.81 bits per heavy atom. The highest BCUT2D eigenvalue weighted by Gasteiger charge is 2.28. The molecular formula is C25H27N3O4. The van der Waals surface area contributed by atoms with E-state index in [4.69, 9.17) is 8.83 Å². The number of carbonyl (C=O) groups excluding carboxylic acids is 2. The van der Waals surface area contributed by atoms with E-state index in [1.165, 1.54) is 0 Å². The summed E-state index contributed by atoms with van der Waals surface area (Å²) in [5.41, 5.74) is 8.78. The molecule has 7 heteroatoms. The third kappa shape index (κ3) is 4.10. The number of fused-ring (bicyclic) bond motifs is 2. The standard InChI is InChI=1S/C25H27N3O4/c1-5-9-26-25(30)24-16(4)23-18(7-6-8-19(23)32-24)27-28-21(29)12-17-13-31-20-11-14(2)10-15(3)22(17)20/h5,10-11,13H,1,6-9,12H2,2-4H3,(H,26,30)(H,28,29)/b27-18+. The van der Waals surface area contributed by atoms with Crippen molar-refractivity contribution in [3.63, 3.8) is 0 Å². The lowest BCUT2D eigenvalue weighted by Gasteiger charge is -2.13. The largest absolute Gasteiger partial charge is 0.464 e. The number of furan rings is 2. The highest BCUT2D eigenvalue weighted by atomic mass is 16.4. The molecule has 4 rings (SSSR count). The number of hydrogen-bond acceptors (Lipinski definition) is 5. The van der Waals surface area contributed by atoms with Crippen molar-refractivity contribution in [1.29, 1.82) is 0 Å². The lowest BCUT2D eigenvalue weighted by molar-refractivity contribution is -0.120. The number of carbonyl (C=O) groups is 2. The fourth-order valence-electron chi connectivity index (χ4n) is 4.34. The number of rotatable bonds is 6. The van der Waals surface area contributed by atoms with Crippen LogP contribution in [0.5, 0.6) is 0 Å². The van der Waals surface area contributed by atoms with Crippen molar-refractivity contribution in [2.45, 2.75) is 46.5 Å². The van der Waals surface area contributed by atoms with Crippen molar-refractivity contribution in [3.8, 4) is 0 Å². The minimum absolute atomic E-state index is 0.167. The Labute approximate surface area is 186 Å². The van der Waals surface area contributed by atoms with Gasteiger partial charge in [-0.3, -0.25) is 9.59 Å². The van der Waals surface area contributed by atoms with Gasteiger partial charge in [-0.1, -0.05) is 12.1 Å². The molecule has 0 saturated carbocycles. The first-order chi connectivity index (χ1) is 15.4. The zero-order chi connectivity index (χ0) is 22.8. The molecule has 166 valence electrons. The van der Waals surface area contributed by atoms with Gasteiger partial charge in [0, 0.05) is 35.0 Å². The Balaban J connectivity index is 1.53. The lowest BCUT2D eigenvalue weighted by Crippen LogP contribution is -2.24. The summed E-state index contributed by atoms with van der Waals surface area (Å²) in [5.74, 6) is 0.515. The van der Waals surface area contributed by atoms with Gasteiger partial charge >= 0.3 is 0 Å². The normalized spacial score (nSPS) is 14.4. The van der Waals surface area contributed by atoms with E-state index in [2.05, 4.69) is 28.5 Å². The van der Waals surface area contributed by atoms with Crippen molar-refractivity contribution in [2.24, 2.45) is 5.10 Å². The van der Waals surface area contributed by atoms with Crippen LogP contribution in [0, 0.1) is 20.8 Å². The van der Waals surface area contributed by atoms with Gasteiger partial charge in [-0.15, -0.1) is 6.58 Å². The maximum atomic E-state index is 12.6. The average molecular weight is 434 g/mol. The molecule has 0 spiro atoms. The molecule has 7 nitrogen and oxygen atoms in total. The zero-order valence-corrected chi connectivity index (χ0v) is 18.6. The van der Waals surface area contributed by atoms with Crippen molar-refractivity contribution in [2.75, 3.05) is 6.54 Å². The van der Waals surface area contributed by atoms with Crippen molar-refractivity contribution in [1.82, 2.24) is 10.7 Å². The van der Waals surface area contributed by atoms with Gasteiger partial charge in [0.05, 0.1) is 18.4 Å². The van der Waals surface area contributed by atoms with Crippen LogP contribution in [0.4, 0.5) is 0 Å². The predicted molar refractivity (Wildman–Crippen MR) is 123 cm³/mol. The summed E-state index contributed by atoms with van der Waals surface area (Å²) < 4.78 is 11.5. The first-order valence-corrected chi connectivity index (χ1v) is 10.7. The highest BCUT2D eigenvalue weighted by molar-refractivity contribution is 6.06. The second kappa shape index (κ2) is 8.86. The monoisotopic (exact) mass is 433 g/mol. The second-order valence-corrected chi connectivity index (χ2v) is 8.19. The van der Waals surface area contributed by atoms with E-state index in [1.54, 1.807) is 12.3 Å². The molecule has 32 heavy (non-hydrogen) atoms. The number of aryl methyl sites for hydroxylation is 3. The summed E-state index contributed by atoms with van der Waals surface area (Å²) in [4.78, 5) is 25.0. The summed E-state index contributed by atoms with van der Waals surface area (Å²) in [6.45, 7) is 9.85. The molecule has 1 aliphatic carbocycles. The van der Waals surface area contributed by atoms with Gasteiger partial charge in [0.25, 0.3) is 5.91 Å². The van der Waals surface area contributed by atoms with Gasteiger partial charge in [-0.05, 0) is 50.8 Å². The molecule has 2 heterocycles. The Morgan fingerprint density at radius 2 is 2.03 bits per heavy atom. The maximum Gasteiger partial charge on any atom is 0.287 e. The van der Waals surface area contributed by atoms with Crippen molar-refractivity contribution < 1.29 is 18.4 Å². The highest BCUT2D eigenvalue weighted by Crippen LogP contribution is 2.30. The van der Waals surface area contributed by atoms with E-state index >= 15 is 0 Å². The summed E-state index contributed by atoms with van der Waals surface area (Å²) in [7, 11) is 0. The van der Waals surface area contributed by atoms with Gasteiger partial charge in [-0.25, -0.2) is 5.43 Å². The number of hydrazone groups is 1. The molecular weight excluding hydrogens is 406 g/mol. The summed E-state index contributed by atoms with van der Waals surface area (Å²) in [6, 6.07) is 4.05. The van der Waals surface area contributed by atoms with Crippen LogP contribution in [0.25, 0.3) is 11.0 Å². The van der Waals surface area contributed by atoms with Crippen LogP contribution < -0.4 is 10.7 Å². The van der Waals surface area contributed by atoms with Gasteiger partial charge in [0.15, 0.2) is 5.76 Å². The fraction of sp³-hybridized carbons (Fsp3) is 0.320. The first-order valence-electron chi connectivity index (χ1n) is 10.7. The molecule has 2 aromatic heterocycles. The molecule has 0 aliphatic heterocycles. The predicted octanol–water partition coefficient (Wildman–Crippen LogP) is 4.27.